The lowest BCUT2D eigenvalue weighted by Gasteiger charge is -2.42. The topological polar surface area (TPSA) is 26.7 Å². The van der Waals surface area contributed by atoms with Crippen molar-refractivity contribution in [2.75, 3.05) is 32.7 Å². The van der Waals surface area contributed by atoms with Gasteiger partial charge in [0.1, 0.15) is 0 Å². The van der Waals surface area contributed by atoms with Gasteiger partial charge in [-0.1, -0.05) is 12.8 Å². The summed E-state index contributed by atoms with van der Waals surface area (Å²) in [6.45, 7) is 6.45. The van der Waals surface area contributed by atoms with Crippen LogP contribution in [-0.4, -0.2) is 59.8 Å². The third kappa shape index (κ3) is 3.50. The lowest BCUT2D eigenvalue weighted by atomic mass is 9.88. The molecule has 0 spiro atoms. The minimum absolute atomic E-state index is 0.0520. The molecule has 2 aliphatic heterocycles. The number of aliphatic hydroxyl groups excluding tert-OH is 1. The molecule has 2 heterocycles. The smallest absolute Gasteiger partial charge is 0.0695 e. The Labute approximate surface area is 118 Å². The largest absolute Gasteiger partial charge is 0.391 e. The minimum Gasteiger partial charge on any atom is -0.391 e. The van der Waals surface area contributed by atoms with Crippen LogP contribution in [0.4, 0.5) is 0 Å². The van der Waals surface area contributed by atoms with Crippen LogP contribution in [0.3, 0.4) is 0 Å². The summed E-state index contributed by atoms with van der Waals surface area (Å²) in [6.07, 6.45) is 10.2. The van der Waals surface area contributed by atoms with Crippen LogP contribution in [0.5, 0.6) is 0 Å². The van der Waals surface area contributed by atoms with Crippen LogP contribution in [0.25, 0.3) is 0 Å². The van der Waals surface area contributed by atoms with Gasteiger partial charge < -0.3 is 10.0 Å². The maximum Gasteiger partial charge on any atom is 0.0695 e. The van der Waals surface area contributed by atoms with E-state index in [1.165, 1.54) is 77.7 Å². The van der Waals surface area contributed by atoms with Crippen molar-refractivity contribution in [3.05, 3.63) is 0 Å². The van der Waals surface area contributed by atoms with E-state index in [0.717, 1.165) is 12.3 Å². The number of rotatable bonds is 3. The first-order valence-electron chi connectivity index (χ1n) is 8.47. The van der Waals surface area contributed by atoms with Crippen molar-refractivity contribution in [3.8, 4) is 0 Å². The first-order chi connectivity index (χ1) is 9.33. The molecular weight excluding hydrogens is 236 g/mol. The normalized spacial score (nSPS) is 35.8. The molecule has 3 heteroatoms. The Bertz CT molecular complexity index is 270. The highest BCUT2D eigenvalue weighted by atomic mass is 16.3. The predicted molar refractivity (Wildman–Crippen MR) is 78.2 cm³/mol. The molecule has 1 saturated carbocycles. The molecule has 3 nitrogen and oxygen atoms in total. The van der Waals surface area contributed by atoms with E-state index in [9.17, 15) is 5.11 Å². The number of nitrogens with zero attached hydrogens (tertiary/aromatic N) is 2. The van der Waals surface area contributed by atoms with Crippen molar-refractivity contribution in [2.24, 2.45) is 5.92 Å². The fourth-order valence-corrected chi connectivity index (χ4v) is 4.32. The molecule has 3 aliphatic rings. The Kier molecular flexibility index (Phi) is 4.78. The van der Waals surface area contributed by atoms with E-state index in [1.54, 1.807) is 0 Å². The van der Waals surface area contributed by atoms with Gasteiger partial charge >= 0.3 is 0 Å². The Morgan fingerprint density at radius 2 is 1.47 bits per heavy atom. The maximum atomic E-state index is 10.2. The molecule has 0 amide bonds. The minimum atomic E-state index is -0.0520. The first kappa shape index (κ1) is 13.8. The van der Waals surface area contributed by atoms with Crippen LogP contribution in [0.15, 0.2) is 0 Å². The van der Waals surface area contributed by atoms with Gasteiger partial charge in [-0.05, 0) is 70.6 Å². The predicted octanol–water partition coefficient (Wildman–Crippen LogP) is 2.10. The third-order valence-corrected chi connectivity index (χ3v) is 5.53. The van der Waals surface area contributed by atoms with Crippen molar-refractivity contribution < 1.29 is 5.11 Å². The van der Waals surface area contributed by atoms with E-state index in [-0.39, 0.29) is 6.10 Å². The second-order valence-electron chi connectivity index (χ2n) is 6.91. The first-order valence-corrected chi connectivity index (χ1v) is 8.47. The lowest BCUT2D eigenvalue weighted by Crippen LogP contribution is -2.49. The van der Waals surface area contributed by atoms with Crippen molar-refractivity contribution in [1.82, 2.24) is 9.80 Å². The Balaban J connectivity index is 1.43. The molecule has 3 rings (SSSR count). The van der Waals surface area contributed by atoms with Crippen LogP contribution >= 0.6 is 0 Å². The number of piperidine rings is 1. The summed E-state index contributed by atoms with van der Waals surface area (Å²) < 4.78 is 0. The fourth-order valence-electron chi connectivity index (χ4n) is 4.32. The molecule has 0 radical (unpaired) electrons. The summed E-state index contributed by atoms with van der Waals surface area (Å²) in [5.41, 5.74) is 0. The highest BCUT2D eigenvalue weighted by Crippen LogP contribution is 2.28. The standard InChI is InChI=1S/C16H30N2O/c19-16-6-2-1-5-15(16)18-11-7-14(8-12-18)13-17-9-3-4-10-17/h14-16,19H,1-13H2. The molecule has 0 aromatic carbocycles. The number of likely N-dealkylation sites (tertiary alicyclic amines) is 2. The Morgan fingerprint density at radius 3 is 2.16 bits per heavy atom. The van der Waals surface area contributed by atoms with E-state index in [4.69, 9.17) is 0 Å². The molecule has 1 N–H and O–H groups in total. The Morgan fingerprint density at radius 1 is 0.789 bits per heavy atom. The zero-order valence-electron chi connectivity index (χ0n) is 12.3. The fraction of sp³-hybridized carbons (Fsp3) is 1.00. The second kappa shape index (κ2) is 6.55. The summed E-state index contributed by atoms with van der Waals surface area (Å²) in [6, 6.07) is 0.474. The maximum absolute atomic E-state index is 10.2. The molecule has 0 aromatic rings. The van der Waals surface area contributed by atoms with Gasteiger partial charge in [-0.3, -0.25) is 4.90 Å². The summed E-state index contributed by atoms with van der Waals surface area (Å²) in [5.74, 6) is 0.912. The monoisotopic (exact) mass is 266 g/mol. The van der Waals surface area contributed by atoms with Gasteiger partial charge in [0.2, 0.25) is 0 Å². The molecule has 2 unspecified atom stereocenters. The summed E-state index contributed by atoms with van der Waals surface area (Å²) in [5, 5.41) is 10.2. The number of hydrogen-bond acceptors (Lipinski definition) is 3. The zero-order chi connectivity index (χ0) is 13.1. The molecular formula is C16H30N2O. The van der Waals surface area contributed by atoms with Crippen molar-refractivity contribution >= 4 is 0 Å². The molecule has 2 atom stereocenters. The van der Waals surface area contributed by atoms with E-state index in [0.29, 0.717) is 6.04 Å². The molecule has 1 aliphatic carbocycles. The van der Waals surface area contributed by atoms with Gasteiger partial charge in [-0.15, -0.1) is 0 Å². The van der Waals surface area contributed by atoms with Crippen LogP contribution in [0.2, 0.25) is 0 Å². The highest BCUT2D eigenvalue weighted by molar-refractivity contribution is 4.86. The lowest BCUT2D eigenvalue weighted by molar-refractivity contribution is 0.00180. The van der Waals surface area contributed by atoms with Crippen molar-refractivity contribution in [1.29, 1.82) is 0 Å². The van der Waals surface area contributed by atoms with Gasteiger partial charge in [0.05, 0.1) is 6.10 Å². The SMILES string of the molecule is OC1CCCCC1N1CCC(CN2CCCC2)CC1. The molecule has 3 fully saturated rings. The van der Waals surface area contributed by atoms with E-state index >= 15 is 0 Å². The van der Waals surface area contributed by atoms with Gasteiger partial charge in [0.15, 0.2) is 0 Å². The van der Waals surface area contributed by atoms with Crippen molar-refractivity contribution in [3.63, 3.8) is 0 Å². The van der Waals surface area contributed by atoms with Crippen LogP contribution in [0.1, 0.15) is 51.4 Å². The van der Waals surface area contributed by atoms with Gasteiger partial charge in [0, 0.05) is 12.6 Å². The molecule has 0 bridgehead atoms. The molecule has 19 heavy (non-hydrogen) atoms. The van der Waals surface area contributed by atoms with Gasteiger partial charge in [0.25, 0.3) is 0 Å². The van der Waals surface area contributed by atoms with Crippen LogP contribution < -0.4 is 0 Å². The molecule has 2 saturated heterocycles. The third-order valence-electron chi connectivity index (χ3n) is 5.53. The van der Waals surface area contributed by atoms with Gasteiger partial charge in [-0.25, -0.2) is 0 Å². The van der Waals surface area contributed by atoms with Crippen LogP contribution in [-0.2, 0) is 0 Å². The van der Waals surface area contributed by atoms with E-state index < -0.39 is 0 Å². The summed E-state index contributed by atoms with van der Waals surface area (Å²) in [4.78, 5) is 5.25. The molecule has 110 valence electrons. The van der Waals surface area contributed by atoms with E-state index in [2.05, 4.69) is 9.80 Å². The number of aliphatic hydroxyl groups is 1. The quantitative estimate of drug-likeness (QED) is 0.847. The van der Waals surface area contributed by atoms with Crippen LogP contribution in [0, 0.1) is 5.92 Å². The molecule has 0 aromatic heterocycles. The second-order valence-corrected chi connectivity index (χ2v) is 6.91. The van der Waals surface area contributed by atoms with E-state index in [1.807, 2.05) is 0 Å². The zero-order valence-corrected chi connectivity index (χ0v) is 12.3. The Hall–Kier alpha value is -0.120. The van der Waals surface area contributed by atoms with Gasteiger partial charge in [-0.2, -0.15) is 0 Å². The summed E-state index contributed by atoms with van der Waals surface area (Å²) in [7, 11) is 0. The average molecular weight is 266 g/mol. The number of hydrogen-bond donors (Lipinski definition) is 1. The van der Waals surface area contributed by atoms with Crippen molar-refractivity contribution in [2.45, 2.75) is 63.5 Å². The average Bonchev–Trinajstić information content (AvgIpc) is 2.93. The highest BCUT2D eigenvalue weighted by Gasteiger charge is 2.31. The summed E-state index contributed by atoms with van der Waals surface area (Å²) >= 11 is 0.